The Hall–Kier alpha value is -0.890. The first-order valence-corrected chi connectivity index (χ1v) is 6.10. The highest BCUT2D eigenvalue weighted by molar-refractivity contribution is 5.21. The Bertz CT molecular complexity index is 311. The quantitative estimate of drug-likeness (QED) is 0.771. The zero-order valence-corrected chi connectivity index (χ0v) is 10.5. The fourth-order valence-corrected chi connectivity index (χ4v) is 2.17. The summed E-state index contributed by atoms with van der Waals surface area (Å²) in [4.78, 5) is 0. The first-order chi connectivity index (χ1) is 7.69. The molecule has 1 nitrogen and oxygen atoms in total. The molecule has 2 unspecified atom stereocenters. The third-order valence-electron chi connectivity index (χ3n) is 3.05. The fourth-order valence-electron chi connectivity index (χ4n) is 2.17. The number of halogens is 1. The Kier molecular flexibility index (Phi) is 5.47. The van der Waals surface area contributed by atoms with Crippen LogP contribution in [0.15, 0.2) is 24.3 Å². The van der Waals surface area contributed by atoms with Crippen LogP contribution >= 0.6 is 0 Å². The second-order valence-corrected chi connectivity index (χ2v) is 4.49. The van der Waals surface area contributed by atoms with Gasteiger partial charge in [0.05, 0.1) is 0 Å². The summed E-state index contributed by atoms with van der Waals surface area (Å²) in [6, 6.07) is 7.16. The van der Waals surface area contributed by atoms with E-state index in [0.717, 1.165) is 12.0 Å². The van der Waals surface area contributed by atoms with Crippen LogP contribution in [0.4, 0.5) is 4.39 Å². The minimum Gasteiger partial charge on any atom is -0.313 e. The molecule has 0 heterocycles. The van der Waals surface area contributed by atoms with Crippen LogP contribution in [0.2, 0.25) is 0 Å². The Balaban J connectivity index is 2.71. The fraction of sp³-hybridized carbons (Fsp3) is 0.571. The summed E-state index contributed by atoms with van der Waals surface area (Å²) in [6.45, 7) is 4.42. The molecule has 0 spiro atoms. The number of nitrogens with one attached hydrogen (secondary N) is 1. The summed E-state index contributed by atoms with van der Waals surface area (Å²) in [5.74, 6) is 0.521. The molecule has 0 aliphatic carbocycles. The van der Waals surface area contributed by atoms with Crippen molar-refractivity contribution in [1.82, 2.24) is 5.32 Å². The van der Waals surface area contributed by atoms with Gasteiger partial charge in [0.25, 0.3) is 0 Å². The zero-order valence-electron chi connectivity index (χ0n) is 10.5. The second-order valence-electron chi connectivity index (χ2n) is 4.49. The van der Waals surface area contributed by atoms with Crippen LogP contribution in [0.1, 0.15) is 44.7 Å². The van der Waals surface area contributed by atoms with Gasteiger partial charge in [-0.05, 0) is 25.5 Å². The van der Waals surface area contributed by atoms with Gasteiger partial charge in [-0.15, -0.1) is 0 Å². The molecule has 2 atom stereocenters. The van der Waals surface area contributed by atoms with Crippen molar-refractivity contribution in [2.75, 3.05) is 7.05 Å². The van der Waals surface area contributed by atoms with E-state index in [1.54, 1.807) is 6.07 Å². The Labute approximate surface area is 98.1 Å². The average molecular weight is 223 g/mol. The monoisotopic (exact) mass is 223 g/mol. The number of rotatable bonds is 6. The van der Waals surface area contributed by atoms with Crippen molar-refractivity contribution in [3.8, 4) is 0 Å². The molecule has 2 heteroatoms. The SMILES string of the molecule is CCCC(C)CC(NC)c1ccccc1F. The molecule has 0 saturated heterocycles. The second kappa shape index (κ2) is 6.64. The third kappa shape index (κ3) is 3.60. The highest BCUT2D eigenvalue weighted by Crippen LogP contribution is 2.25. The molecule has 0 fully saturated rings. The van der Waals surface area contributed by atoms with Gasteiger partial charge in [-0.1, -0.05) is 44.9 Å². The molecule has 0 radical (unpaired) electrons. The van der Waals surface area contributed by atoms with E-state index in [-0.39, 0.29) is 11.9 Å². The molecule has 0 amide bonds. The molecule has 0 aliphatic heterocycles. The molecule has 1 N–H and O–H groups in total. The van der Waals surface area contributed by atoms with E-state index in [4.69, 9.17) is 0 Å². The first kappa shape index (κ1) is 13.2. The Morgan fingerprint density at radius 3 is 2.56 bits per heavy atom. The third-order valence-corrected chi connectivity index (χ3v) is 3.05. The predicted molar refractivity (Wildman–Crippen MR) is 66.9 cm³/mol. The summed E-state index contributed by atoms with van der Waals surface area (Å²) in [7, 11) is 1.90. The molecule has 0 saturated carbocycles. The Morgan fingerprint density at radius 2 is 2.00 bits per heavy atom. The van der Waals surface area contributed by atoms with Gasteiger partial charge < -0.3 is 5.32 Å². The molecular weight excluding hydrogens is 201 g/mol. The van der Waals surface area contributed by atoms with Crippen LogP contribution in [0.25, 0.3) is 0 Å². The lowest BCUT2D eigenvalue weighted by atomic mass is 9.93. The maximum absolute atomic E-state index is 13.6. The summed E-state index contributed by atoms with van der Waals surface area (Å²) < 4.78 is 13.6. The molecule has 0 aliphatic rings. The van der Waals surface area contributed by atoms with Crippen LogP contribution in [-0.2, 0) is 0 Å². The summed E-state index contributed by atoms with van der Waals surface area (Å²) in [5, 5.41) is 3.21. The van der Waals surface area contributed by atoms with Crippen molar-refractivity contribution in [2.45, 2.75) is 39.2 Å². The molecule has 1 aromatic rings. The van der Waals surface area contributed by atoms with Crippen LogP contribution in [0.3, 0.4) is 0 Å². The maximum atomic E-state index is 13.6. The molecule has 0 bridgehead atoms. The lowest BCUT2D eigenvalue weighted by Gasteiger charge is -2.21. The van der Waals surface area contributed by atoms with E-state index in [1.165, 1.54) is 18.9 Å². The van der Waals surface area contributed by atoms with Gasteiger partial charge in [0, 0.05) is 11.6 Å². The maximum Gasteiger partial charge on any atom is 0.127 e. The van der Waals surface area contributed by atoms with E-state index >= 15 is 0 Å². The first-order valence-electron chi connectivity index (χ1n) is 6.10. The molecule has 1 rings (SSSR count). The summed E-state index contributed by atoms with van der Waals surface area (Å²) >= 11 is 0. The average Bonchev–Trinajstić information content (AvgIpc) is 2.27. The van der Waals surface area contributed by atoms with Crippen LogP contribution < -0.4 is 5.32 Å². The van der Waals surface area contributed by atoms with Crippen molar-refractivity contribution >= 4 is 0 Å². The van der Waals surface area contributed by atoms with E-state index in [0.29, 0.717) is 5.92 Å². The summed E-state index contributed by atoms with van der Waals surface area (Å²) in [6.07, 6.45) is 3.38. The van der Waals surface area contributed by atoms with Crippen LogP contribution in [-0.4, -0.2) is 7.05 Å². The molecule has 1 aromatic carbocycles. The van der Waals surface area contributed by atoms with Crippen molar-refractivity contribution in [3.63, 3.8) is 0 Å². The smallest absolute Gasteiger partial charge is 0.127 e. The van der Waals surface area contributed by atoms with Crippen molar-refractivity contribution < 1.29 is 4.39 Å². The van der Waals surface area contributed by atoms with Gasteiger partial charge in [-0.3, -0.25) is 0 Å². The van der Waals surface area contributed by atoms with Gasteiger partial charge in [-0.2, -0.15) is 0 Å². The molecule has 90 valence electrons. The lowest BCUT2D eigenvalue weighted by Crippen LogP contribution is -2.20. The largest absolute Gasteiger partial charge is 0.313 e. The normalized spacial score (nSPS) is 14.8. The summed E-state index contributed by atoms with van der Waals surface area (Å²) in [5.41, 5.74) is 0.785. The van der Waals surface area contributed by atoms with Gasteiger partial charge >= 0.3 is 0 Å². The lowest BCUT2D eigenvalue weighted by molar-refractivity contribution is 0.397. The van der Waals surface area contributed by atoms with Gasteiger partial charge in [-0.25, -0.2) is 4.39 Å². The van der Waals surface area contributed by atoms with Crippen LogP contribution in [0.5, 0.6) is 0 Å². The van der Waals surface area contributed by atoms with E-state index in [9.17, 15) is 4.39 Å². The Morgan fingerprint density at radius 1 is 1.31 bits per heavy atom. The highest BCUT2D eigenvalue weighted by atomic mass is 19.1. The van der Waals surface area contributed by atoms with Gasteiger partial charge in [0.1, 0.15) is 5.82 Å². The van der Waals surface area contributed by atoms with E-state index in [1.807, 2.05) is 19.2 Å². The molecule has 0 aromatic heterocycles. The van der Waals surface area contributed by atoms with Crippen molar-refractivity contribution in [2.24, 2.45) is 5.92 Å². The molecular formula is C14H22FN. The van der Waals surface area contributed by atoms with Gasteiger partial charge in [0.15, 0.2) is 0 Å². The molecule has 16 heavy (non-hydrogen) atoms. The number of hydrogen-bond acceptors (Lipinski definition) is 1. The predicted octanol–water partition coefficient (Wildman–Crippen LogP) is 3.91. The standard InChI is InChI=1S/C14H22FN/c1-4-7-11(2)10-14(16-3)12-8-5-6-9-13(12)15/h5-6,8-9,11,14,16H,4,7,10H2,1-3H3. The number of benzene rings is 1. The minimum absolute atomic E-state index is 0.106. The van der Waals surface area contributed by atoms with E-state index < -0.39 is 0 Å². The van der Waals surface area contributed by atoms with Gasteiger partial charge in [0.2, 0.25) is 0 Å². The van der Waals surface area contributed by atoms with Crippen molar-refractivity contribution in [3.05, 3.63) is 35.6 Å². The van der Waals surface area contributed by atoms with Crippen molar-refractivity contribution in [1.29, 1.82) is 0 Å². The minimum atomic E-state index is -0.106. The number of hydrogen-bond donors (Lipinski definition) is 1. The zero-order chi connectivity index (χ0) is 12.0. The van der Waals surface area contributed by atoms with E-state index in [2.05, 4.69) is 19.2 Å². The van der Waals surface area contributed by atoms with Crippen LogP contribution in [0, 0.1) is 11.7 Å². The topological polar surface area (TPSA) is 12.0 Å². The highest BCUT2D eigenvalue weighted by Gasteiger charge is 2.16.